The van der Waals surface area contributed by atoms with Crippen molar-refractivity contribution in [3.8, 4) is 11.5 Å². The number of fused-ring (bicyclic) bond motifs is 2. The zero-order valence-electron chi connectivity index (χ0n) is 24.2. The van der Waals surface area contributed by atoms with Crippen LogP contribution in [0.1, 0.15) is 55.6 Å². The van der Waals surface area contributed by atoms with Crippen LogP contribution in [0.4, 0.5) is 4.39 Å². The predicted molar refractivity (Wildman–Crippen MR) is 160 cm³/mol. The van der Waals surface area contributed by atoms with Crippen molar-refractivity contribution < 1.29 is 18.5 Å². The summed E-state index contributed by atoms with van der Waals surface area (Å²) < 4.78 is 32.2. The predicted octanol–water partition coefficient (Wildman–Crippen LogP) is 4.69. The number of hydrogen-bond donors (Lipinski definition) is 1. The summed E-state index contributed by atoms with van der Waals surface area (Å²) in [5, 5.41) is 11.6. The van der Waals surface area contributed by atoms with Gasteiger partial charge >= 0.3 is 0 Å². The molecule has 220 valence electrons. The van der Waals surface area contributed by atoms with E-state index in [9.17, 15) is 14.1 Å². The lowest BCUT2D eigenvalue weighted by atomic mass is 9.53. The summed E-state index contributed by atoms with van der Waals surface area (Å²) in [5.74, 6) is 2.87. The minimum atomic E-state index is -1.09. The van der Waals surface area contributed by atoms with Crippen molar-refractivity contribution in [3.05, 3.63) is 47.4 Å². The Bertz CT molecular complexity index is 1800. The van der Waals surface area contributed by atoms with Crippen molar-refractivity contribution in [1.29, 1.82) is 0 Å². The summed E-state index contributed by atoms with van der Waals surface area (Å²) in [6, 6.07) is 9.22. The maximum absolute atomic E-state index is 16.0. The molecule has 0 radical (unpaired) electrons. The molecule has 1 N–H and O–H groups in total. The van der Waals surface area contributed by atoms with Crippen molar-refractivity contribution in [2.45, 2.75) is 64.3 Å². The largest absolute Gasteiger partial charge is 0.384 e. The number of halogens is 1. The van der Waals surface area contributed by atoms with E-state index in [1.54, 1.807) is 26.2 Å². The van der Waals surface area contributed by atoms with Gasteiger partial charge in [0.05, 0.1) is 16.9 Å². The Morgan fingerprint density at radius 2 is 1.93 bits per heavy atom. The molecule has 4 aromatic rings. The fraction of sp³-hybridized carbons (Fsp3) is 0.531. The normalized spacial score (nSPS) is 25.5. The number of amides is 1. The molecule has 8 rings (SSSR count). The fourth-order valence-electron chi connectivity index (χ4n) is 7.73. The van der Waals surface area contributed by atoms with E-state index in [0.717, 1.165) is 55.0 Å². The molecule has 8 nitrogen and oxygen atoms in total. The summed E-state index contributed by atoms with van der Waals surface area (Å²) in [6.45, 7) is 5.28. The summed E-state index contributed by atoms with van der Waals surface area (Å²) >= 11 is 0. The number of benzene rings is 1. The molecular formula is C32H36FN5O3S. The van der Waals surface area contributed by atoms with E-state index in [1.165, 1.54) is 12.5 Å². The molecule has 1 amide bonds. The first kappa shape index (κ1) is 26.5. The molecule has 1 aliphatic heterocycles. The second-order valence-electron chi connectivity index (χ2n) is 13.5. The standard InChI is InChI=1S/C32H36FN5O3S/c1-32(2,40)26-7-6-18-13-25(37(29(18)35-26)15-17-4-5-17)30-34-23-12-20(11-22(33)28(23)36(30)8-9-42(3)41)31(39)38-16-21-10-19-14-24(38)27(19)21/h6-7,11-13,17,19,21,24,27,40H,4-5,8-10,14-16H2,1-3H3/t19?,21-,24-,27-,42?/m1/s1. The number of likely N-dealkylation sites (tertiary alicyclic amines) is 1. The first-order valence-electron chi connectivity index (χ1n) is 15.1. The van der Waals surface area contributed by atoms with Gasteiger partial charge in [0.1, 0.15) is 22.6 Å². The molecule has 4 heterocycles. The molecular weight excluding hydrogens is 553 g/mol. The van der Waals surface area contributed by atoms with E-state index in [2.05, 4.69) is 4.57 Å². The van der Waals surface area contributed by atoms with Gasteiger partial charge in [0.2, 0.25) is 0 Å². The number of pyridine rings is 1. The molecule has 3 saturated carbocycles. The van der Waals surface area contributed by atoms with Gasteiger partial charge in [-0.2, -0.15) is 0 Å². The lowest BCUT2D eigenvalue weighted by Crippen LogP contribution is -2.53. The maximum atomic E-state index is 16.0. The Balaban J connectivity index is 1.27. The van der Waals surface area contributed by atoms with Crippen molar-refractivity contribution >= 4 is 38.8 Å². The quantitative estimate of drug-likeness (QED) is 0.322. The molecule has 4 fully saturated rings. The van der Waals surface area contributed by atoms with E-state index in [1.807, 2.05) is 27.7 Å². The molecule has 2 unspecified atom stereocenters. The average Bonchev–Trinajstić information content (AvgIpc) is 3.56. The highest BCUT2D eigenvalue weighted by atomic mass is 32.2. The Hall–Kier alpha value is -3.11. The number of carbonyl (C=O) groups is 1. The molecule has 1 aromatic carbocycles. The van der Waals surface area contributed by atoms with Gasteiger partial charge in [0.15, 0.2) is 5.82 Å². The molecule has 5 atom stereocenters. The van der Waals surface area contributed by atoms with E-state index < -0.39 is 22.2 Å². The van der Waals surface area contributed by atoms with Crippen molar-refractivity contribution in [3.63, 3.8) is 0 Å². The zero-order chi connectivity index (χ0) is 29.1. The van der Waals surface area contributed by atoms with Gasteiger partial charge in [-0.25, -0.2) is 14.4 Å². The highest BCUT2D eigenvalue weighted by Crippen LogP contribution is 2.60. The lowest BCUT2D eigenvalue weighted by Gasteiger charge is -2.52. The van der Waals surface area contributed by atoms with Gasteiger partial charge < -0.3 is 19.1 Å². The topological polar surface area (TPSA) is 93.2 Å². The molecule has 0 bridgehead atoms. The Morgan fingerprint density at radius 1 is 1.12 bits per heavy atom. The molecule has 3 aliphatic carbocycles. The Kier molecular flexibility index (Phi) is 5.80. The van der Waals surface area contributed by atoms with Crippen LogP contribution in [0.15, 0.2) is 30.3 Å². The number of aromatic nitrogens is 4. The Labute approximate surface area is 246 Å². The minimum Gasteiger partial charge on any atom is -0.384 e. The molecule has 3 aromatic heterocycles. The number of aryl methyl sites for hydroxylation is 1. The molecule has 4 aliphatic rings. The lowest BCUT2D eigenvalue weighted by molar-refractivity contribution is -0.0204. The summed E-state index contributed by atoms with van der Waals surface area (Å²) in [4.78, 5) is 25.4. The first-order valence-corrected chi connectivity index (χ1v) is 16.8. The second kappa shape index (κ2) is 9.19. The fourth-order valence-corrected chi connectivity index (χ4v) is 8.17. The van der Waals surface area contributed by atoms with Crippen molar-refractivity contribution in [1.82, 2.24) is 24.0 Å². The van der Waals surface area contributed by atoms with E-state index >= 15 is 4.39 Å². The number of hydrogen-bond acceptors (Lipinski definition) is 5. The summed E-state index contributed by atoms with van der Waals surface area (Å²) in [6.07, 6.45) is 6.20. The SMILES string of the molecule is CS(=O)CCn1c(-c2cc3ccc(C(C)(C)O)nc3n2CC2CC2)nc2cc(C(=O)N3C[C@H]4CC5C[C@@H]3[C@H]54)cc(F)c21. The number of carbonyl (C=O) groups excluding carboxylic acids is 1. The minimum absolute atomic E-state index is 0.106. The highest BCUT2D eigenvalue weighted by molar-refractivity contribution is 7.84. The van der Waals surface area contributed by atoms with Gasteiger partial charge in [0.25, 0.3) is 5.91 Å². The van der Waals surface area contributed by atoms with Crippen LogP contribution < -0.4 is 0 Å². The number of rotatable bonds is 8. The van der Waals surface area contributed by atoms with Crippen LogP contribution in [0, 0.1) is 29.5 Å². The zero-order valence-corrected chi connectivity index (χ0v) is 25.0. The Morgan fingerprint density at radius 3 is 2.62 bits per heavy atom. The number of aliphatic hydroxyl groups is 1. The van der Waals surface area contributed by atoms with Crippen LogP contribution in [0.3, 0.4) is 0 Å². The van der Waals surface area contributed by atoms with Crippen LogP contribution in [-0.4, -0.2) is 63.8 Å². The summed E-state index contributed by atoms with van der Waals surface area (Å²) in [7, 11) is -1.09. The van der Waals surface area contributed by atoms with Crippen molar-refractivity contribution in [2.75, 3.05) is 18.6 Å². The third-order valence-electron chi connectivity index (χ3n) is 10.2. The maximum Gasteiger partial charge on any atom is 0.254 e. The summed E-state index contributed by atoms with van der Waals surface area (Å²) in [5.41, 5.74) is 2.14. The van der Waals surface area contributed by atoms with Crippen molar-refractivity contribution in [2.24, 2.45) is 23.7 Å². The molecule has 1 saturated heterocycles. The second-order valence-corrected chi connectivity index (χ2v) is 15.1. The molecule has 10 heteroatoms. The molecule has 0 spiro atoms. The number of imidazole rings is 1. The van der Waals surface area contributed by atoms with Gasteiger partial charge in [-0.15, -0.1) is 0 Å². The smallest absolute Gasteiger partial charge is 0.254 e. The van der Waals surface area contributed by atoms with Crippen LogP contribution in [0.2, 0.25) is 0 Å². The van der Waals surface area contributed by atoms with E-state index in [4.69, 9.17) is 9.97 Å². The number of nitrogens with zero attached hydrogens (tertiary/aromatic N) is 5. The van der Waals surface area contributed by atoms with Gasteiger partial charge in [-0.05, 0) is 93.5 Å². The van der Waals surface area contributed by atoms with Crippen LogP contribution in [0.25, 0.3) is 33.6 Å². The highest BCUT2D eigenvalue weighted by Gasteiger charge is 2.61. The van der Waals surface area contributed by atoms with Gasteiger partial charge in [0, 0.05) is 59.4 Å². The molecule has 42 heavy (non-hydrogen) atoms. The third-order valence-corrected chi connectivity index (χ3v) is 10.9. The van der Waals surface area contributed by atoms with Crippen LogP contribution in [-0.2, 0) is 29.5 Å². The van der Waals surface area contributed by atoms with Crippen LogP contribution >= 0.6 is 0 Å². The first-order chi connectivity index (χ1) is 20.1. The monoisotopic (exact) mass is 589 g/mol. The van der Waals surface area contributed by atoms with Crippen LogP contribution in [0.5, 0.6) is 0 Å². The van der Waals surface area contributed by atoms with Gasteiger partial charge in [-0.1, -0.05) is 0 Å². The van der Waals surface area contributed by atoms with E-state index in [0.29, 0.717) is 64.2 Å². The van der Waals surface area contributed by atoms with Gasteiger partial charge in [-0.3, -0.25) is 9.00 Å². The van der Waals surface area contributed by atoms with E-state index in [-0.39, 0.29) is 5.91 Å². The average molecular weight is 590 g/mol. The third kappa shape index (κ3) is 4.08.